The van der Waals surface area contributed by atoms with E-state index < -0.39 is 29.0 Å². The molecule has 0 fully saturated rings. The zero-order valence-electron chi connectivity index (χ0n) is 12.2. The summed E-state index contributed by atoms with van der Waals surface area (Å²) in [6.45, 7) is 10.1. The van der Waals surface area contributed by atoms with Gasteiger partial charge in [-0.3, -0.25) is 10.1 Å². The van der Waals surface area contributed by atoms with Crippen LogP contribution in [0.5, 0.6) is 0 Å². The van der Waals surface area contributed by atoms with E-state index in [1.165, 1.54) is 0 Å². The van der Waals surface area contributed by atoms with Crippen molar-refractivity contribution >= 4 is 17.8 Å². The van der Waals surface area contributed by atoms with Gasteiger partial charge in [0.15, 0.2) is 0 Å². The normalized spacial score (nSPS) is 12.1. The summed E-state index contributed by atoms with van der Waals surface area (Å²) in [7, 11) is 0. The molecule has 0 aromatic rings. The van der Waals surface area contributed by atoms with Crippen molar-refractivity contribution in [1.29, 1.82) is 0 Å². The lowest BCUT2D eigenvalue weighted by molar-refractivity contribution is -0.160. The Kier molecular flexibility index (Phi) is 5.74. The smallest absolute Gasteiger partial charge is 0.411 e. The number of hydrogen-bond acceptors (Lipinski definition) is 5. The molecule has 0 heterocycles. The van der Waals surface area contributed by atoms with Crippen molar-refractivity contribution in [2.45, 2.75) is 52.7 Å². The molecule has 0 saturated carbocycles. The molecular formula is C13H21NO5. The highest BCUT2D eigenvalue weighted by Crippen LogP contribution is 2.07. The number of carbonyl (C=O) groups is 3. The molecule has 108 valence electrons. The van der Waals surface area contributed by atoms with E-state index >= 15 is 0 Å². The summed E-state index contributed by atoms with van der Waals surface area (Å²) in [6.07, 6.45) is 1.25. The highest BCUT2D eigenvalue weighted by Gasteiger charge is 2.21. The number of carbonyl (C=O) groups excluding carboxylic acids is 3. The molecule has 0 atom stereocenters. The van der Waals surface area contributed by atoms with Gasteiger partial charge in [-0.25, -0.2) is 9.59 Å². The fraction of sp³-hybridized carbons (Fsp3) is 0.615. The summed E-state index contributed by atoms with van der Waals surface area (Å²) < 4.78 is 9.79. The molecule has 6 heteroatoms. The van der Waals surface area contributed by atoms with Crippen LogP contribution in [0.15, 0.2) is 12.3 Å². The number of alkyl carbamates (subject to hydrolysis) is 1. The van der Waals surface area contributed by atoms with Crippen molar-refractivity contribution in [3.05, 3.63) is 12.3 Å². The maximum Gasteiger partial charge on any atom is 0.411 e. The topological polar surface area (TPSA) is 81.7 Å². The van der Waals surface area contributed by atoms with Gasteiger partial charge in [0.25, 0.3) is 5.78 Å². The fourth-order valence-electron chi connectivity index (χ4n) is 0.889. The summed E-state index contributed by atoms with van der Waals surface area (Å²) in [5.74, 6) is -1.83. The third-order valence-corrected chi connectivity index (χ3v) is 1.43. The van der Waals surface area contributed by atoms with Gasteiger partial charge in [0.2, 0.25) is 0 Å². The van der Waals surface area contributed by atoms with Crippen LogP contribution in [0.4, 0.5) is 4.79 Å². The maximum atomic E-state index is 11.3. The van der Waals surface area contributed by atoms with Gasteiger partial charge in [-0.1, -0.05) is 0 Å². The summed E-state index contributed by atoms with van der Waals surface area (Å²) in [4.78, 5) is 33.9. The third kappa shape index (κ3) is 9.82. The summed E-state index contributed by atoms with van der Waals surface area (Å²) >= 11 is 0. The van der Waals surface area contributed by atoms with Gasteiger partial charge in [0.1, 0.15) is 11.2 Å². The van der Waals surface area contributed by atoms with E-state index in [1.54, 1.807) is 41.5 Å². The molecule has 0 aromatic carbocycles. The molecule has 0 saturated heterocycles. The van der Waals surface area contributed by atoms with Crippen LogP contribution in [0.3, 0.4) is 0 Å². The predicted octanol–water partition coefficient (Wildman–Crippen LogP) is 1.94. The second-order valence-corrected chi connectivity index (χ2v) is 5.85. The van der Waals surface area contributed by atoms with Crippen LogP contribution in [-0.4, -0.2) is 29.0 Å². The highest BCUT2D eigenvalue weighted by atomic mass is 16.6. The Morgan fingerprint density at radius 3 is 1.79 bits per heavy atom. The lowest BCUT2D eigenvalue weighted by Crippen LogP contribution is -2.30. The van der Waals surface area contributed by atoms with Crippen LogP contribution < -0.4 is 5.32 Å². The number of hydrogen-bond donors (Lipinski definition) is 1. The molecule has 1 amide bonds. The van der Waals surface area contributed by atoms with Crippen LogP contribution >= 0.6 is 0 Å². The van der Waals surface area contributed by atoms with Crippen molar-refractivity contribution in [2.24, 2.45) is 0 Å². The fourth-order valence-corrected chi connectivity index (χ4v) is 0.889. The molecule has 0 aliphatic heterocycles. The van der Waals surface area contributed by atoms with Crippen LogP contribution in [0, 0.1) is 0 Å². The Labute approximate surface area is 113 Å². The van der Waals surface area contributed by atoms with E-state index in [1.807, 2.05) is 0 Å². The predicted molar refractivity (Wildman–Crippen MR) is 69.4 cm³/mol. The second-order valence-electron chi connectivity index (χ2n) is 5.85. The quantitative estimate of drug-likeness (QED) is 0.482. The first kappa shape index (κ1) is 17.2. The van der Waals surface area contributed by atoms with Crippen molar-refractivity contribution in [2.75, 3.05) is 0 Å². The number of esters is 1. The number of nitrogens with one attached hydrogen (secondary N) is 1. The van der Waals surface area contributed by atoms with Crippen LogP contribution in [0.2, 0.25) is 0 Å². The van der Waals surface area contributed by atoms with E-state index in [4.69, 9.17) is 9.47 Å². The number of rotatable bonds is 3. The molecule has 0 spiro atoms. The van der Waals surface area contributed by atoms with Crippen LogP contribution in [0.1, 0.15) is 41.5 Å². The zero-order chi connectivity index (χ0) is 15.3. The van der Waals surface area contributed by atoms with E-state index in [-0.39, 0.29) is 0 Å². The molecule has 0 aliphatic carbocycles. The first-order chi connectivity index (χ1) is 8.41. The standard InChI is InChI=1S/C13H21NO5/c1-12(2,3)18-10(16)9(15)7-8-14-11(17)19-13(4,5)6/h7-8H,1-6H3,(H,14,17)/b8-7-. The minimum Gasteiger partial charge on any atom is -0.454 e. The van der Waals surface area contributed by atoms with Gasteiger partial charge in [-0.05, 0) is 41.5 Å². The minimum atomic E-state index is -0.977. The first-order valence-corrected chi connectivity index (χ1v) is 5.84. The Bertz CT molecular complexity index is 385. The van der Waals surface area contributed by atoms with Gasteiger partial charge >= 0.3 is 12.1 Å². The Balaban J connectivity index is 4.24. The Morgan fingerprint density at radius 1 is 0.895 bits per heavy atom. The molecule has 19 heavy (non-hydrogen) atoms. The lowest BCUT2D eigenvalue weighted by Gasteiger charge is -2.19. The van der Waals surface area contributed by atoms with Crippen LogP contribution in [0.25, 0.3) is 0 Å². The van der Waals surface area contributed by atoms with E-state index in [2.05, 4.69) is 5.32 Å². The maximum absolute atomic E-state index is 11.3. The van der Waals surface area contributed by atoms with Crippen molar-refractivity contribution in [3.8, 4) is 0 Å². The molecule has 6 nitrogen and oxygen atoms in total. The number of amides is 1. The molecule has 0 aromatic heterocycles. The zero-order valence-corrected chi connectivity index (χ0v) is 12.2. The van der Waals surface area contributed by atoms with Crippen molar-refractivity contribution in [3.63, 3.8) is 0 Å². The van der Waals surface area contributed by atoms with Gasteiger partial charge < -0.3 is 9.47 Å². The Morgan fingerprint density at radius 2 is 1.37 bits per heavy atom. The molecule has 0 rings (SSSR count). The van der Waals surface area contributed by atoms with E-state index in [0.29, 0.717) is 0 Å². The molecular weight excluding hydrogens is 250 g/mol. The van der Waals surface area contributed by atoms with Gasteiger partial charge in [0, 0.05) is 12.3 Å². The number of ketones is 1. The SMILES string of the molecule is CC(C)(C)OC(=O)N/C=C\C(=O)C(=O)OC(C)(C)C. The van der Waals surface area contributed by atoms with Gasteiger partial charge in [0.05, 0.1) is 0 Å². The first-order valence-electron chi connectivity index (χ1n) is 5.84. The molecule has 0 aliphatic rings. The van der Waals surface area contributed by atoms with Gasteiger partial charge in [-0.2, -0.15) is 0 Å². The molecule has 0 radical (unpaired) electrons. The second kappa shape index (κ2) is 6.36. The summed E-state index contributed by atoms with van der Waals surface area (Å²) in [6, 6.07) is 0. The molecule has 0 bridgehead atoms. The van der Waals surface area contributed by atoms with Crippen molar-refractivity contribution in [1.82, 2.24) is 5.32 Å². The summed E-state index contributed by atoms with van der Waals surface area (Å²) in [5, 5.41) is 2.22. The monoisotopic (exact) mass is 271 g/mol. The lowest BCUT2D eigenvalue weighted by atomic mass is 10.2. The van der Waals surface area contributed by atoms with Crippen LogP contribution in [-0.2, 0) is 19.1 Å². The highest BCUT2D eigenvalue weighted by molar-refractivity contribution is 6.38. The van der Waals surface area contributed by atoms with Crippen molar-refractivity contribution < 1.29 is 23.9 Å². The van der Waals surface area contributed by atoms with E-state index in [9.17, 15) is 14.4 Å². The van der Waals surface area contributed by atoms with Gasteiger partial charge in [-0.15, -0.1) is 0 Å². The Hall–Kier alpha value is -1.85. The average Bonchev–Trinajstić information content (AvgIpc) is 2.11. The molecule has 0 unspecified atom stereocenters. The number of ether oxygens (including phenoxy) is 2. The van der Waals surface area contributed by atoms with E-state index in [0.717, 1.165) is 12.3 Å². The molecule has 1 N–H and O–H groups in total. The average molecular weight is 271 g/mol. The largest absolute Gasteiger partial charge is 0.454 e. The minimum absolute atomic E-state index is 0.632. The third-order valence-electron chi connectivity index (χ3n) is 1.43. The summed E-state index contributed by atoms with van der Waals surface area (Å²) in [5.41, 5.74) is -1.37.